The molecule has 2 aromatic rings. The summed E-state index contributed by atoms with van der Waals surface area (Å²) in [6.07, 6.45) is 4.72. The molecule has 0 fully saturated rings. The van der Waals surface area contributed by atoms with Gasteiger partial charge < -0.3 is 10.2 Å². The zero-order chi connectivity index (χ0) is 14.4. The van der Waals surface area contributed by atoms with Crippen LogP contribution in [0.2, 0.25) is 0 Å². The quantitative estimate of drug-likeness (QED) is 0.873. The molecule has 20 heavy (non-hydrogen) atoms. The lowest BCUT2D eigenvalue weighted by Crippen LogP contribution is -2.23. The topological polar surface area (TPSA) is 28.2 Å². The number of rotatable bonds is 6. The molecular formula is C17H23N3. The van der Waals surface area contributed by atoms with Crippen molar-refractivity contribution in [2.45, 2.75) is 19.4 Å². The monoisotopic (exact) mass is 269 g/mol. The molecule has 1 aromatic carbocycles. The molecule has 106 valence electrons. The summed E-state index contributed by atoms with van der Waals surface area (Å²) >= 11 is 0. The minimum absolute atomic E-state index is 0.323. The second-order valence-electron chi connectivity index (χ2n) is 5.17. The molecule has 0 bridgehead atoms. The summed E-state index contributed by atoms with van der Waals surface area (Å²) in [5.41, 5.74) is 3.81. The first-order valence-electron chi connectivity index (χ1n) is 7.10. The summed E-state index contributed by atoms with van der Waals surface area (Å²) in [5, 5.41) is 3.57. The molecule has 0 aliphatic heterocycles. The highest BCUT2D eigenvalue weighted by Gasteiger charge is 2.12. The highest BCUT2D eigenvalue weighted by atomic mass is 15.1. The molecule has 3 nitrogen and oxygen atoms in total. The van der Waals surface area contributed by atoms with Crippen LogP contribution < -0.4 is 10.2 Å². The van der Waals surface area contributed by atoms with E-state index < -0.39 is 0 Å². The summed E-state index contributed by atoms with van der Waals surface area (Å²) in [7, 11) is 4.14. The van der Waals surface area contributed by atoms with Gasteiger partial charge in [-0.05, 0) is 42.3 Å². The summed E-state index contributed by atoms with van der Waals surface area (Å²) in [5.74, 6) is 0. The van der Waals surface area contributed by atoms with Crippen LogP contribution in [0, 0.1) is 0 Å². The van der Waals surface area contributed by atoms with Crippen LogP contribution in [0.1, 0.15) is 24.1 Å². The van der Waals surface area contributed by atoms with Gasteiger partial charge in [-0.25, -0.2) is 0 Å². The lowest BCUT2D eigenvalue weighted by Gasteiger charge is -2.21. The second kappa shape index (κ2) is 7.06. The fraction of sp³-hybridized carbons (Fsp3) is 0.353. The van der Waals surface area contributed by atoms with E-state index in [1.165, 1.54) is 16.8 Å². The average molecular weight is 269 g/mol. The molecule has 0 amide bonds. The van der Waals surface area contributed by atoms with E-state index >= 15 is 0 Å². The summed E-state index contributed by atoms with van der Waals surface area (Å²) in [4.78, 5) is 6.34. The van der Waals surface area contributed by atoms with Crippen molar-refractivity contribution in [3.63, 3.8) is 0 Å². The predicted octanol–water partition coefficient (Wildman–Crippen LogP) is 3.04. The number of nitrogens with one attached hydrogen (secondary N) is 1. The van der Waals surface area contributed by atoms with Crippen molar-refractivity contribution in [2.24, 2.45) is 0 Å². The van der Waals surface area contributed by atoms with Crippen LogP contribution >= 0.6 is 0 Å². The van der Waals surface area contributed by atoms with Crippen molar-refractivity contribution in [1.82, 2.24) is 10.3 Å². The van der Waals surface area contributed by atoms with Gasteiger partial charge in [0.2, 0.25) is 0 Å². The largest absolute Gasteiger partial charge is 0.378 e. The van der Waals surface area contributed by atoms with E-state index in [2.05, 4.69) is 66.6 Å². The maximum atomic E-state index is 4.20. The van der Waals surface area contributed by atoms with Gasteiger partial charge in [0.15, 0.2) is 0 Å². The lowest BCUT2D eigenvalue weighted by molar-refractivity contribution is 0.549. The van der Waals surface area contributed by atoms with Crippen molar-refractivity contribution in [3.8, 4) is 0 Å². The van der Waals surface area contributed by atoms with Crippen molar-refractivity contribution in [2.75, 3.05) is 25.5 Å². The summed E-state index contributed by atoms with van der Waals surface area (Å²) in [6, 6.07) is 13.2. The smallest absolute Gasteiger partial charge is 0.0364 e. The molecule has 0 spiro atoms. The Hall–Kier alpha value is -1.87. The number of aromatic nitrogens is 1. The van der Waals surface area contributed by atoms with Gasteiger partial charge in [-0.3, -0.25) is 4.98 Å². The van der Waals surface area contributed by atoms with Gasteiger partial charge in [0.1, 0.15) is 0 Å². The van der Waals surface area contributed by atoms with Gasteiger partial charge in [-0.2, -0.15) is 0 Å². The molecule has 2 rings (SSSR count). The number of likely N-dealkylation sites (N-methyl/N-ethyl adjacent to an activating group) is 1. The minimum Gasteiger partial charge on any atom is -0.378 e. The number of benzene rings is 1. The van der Waals surface area contributed by atoms with Crippen LogP contribution in [-0.4, -0.2) is 25.6 Å². The first-order chi connectivity index (χ1) is 9.70. The van der Waals surface area contributed by atoms with Crippen LogP contribution in [0.15, 0.2) is 48.8 Å². The van der Waals surface area contributed by atoms with Gasteiger partial charge in [0.05, 0.1) is 0 Å². The van der Waals surface area contributed by atoms with Crippen molar-refractivity contribution in [3.05, 3.63) is 59.9 Å². The zero-order valence-corrected chi connectivity index (χ0v) is 12.5. The normalized spacial score (nSPS) is 12.2. The molecule has 1 unspecified atom stereocenters. The van der Waals surface area contributed by atoms with Crippen LogP contribution in [-0.2, 0) is 6.42 Å². The highest BCUT2D eigenvalue weighted by Crippen LogP contribution is 2.22. The first kappa shape index (κ1) is 14.5. The molecule has 1 heterocycles. The minimum atomic E-state index is 0.323. The third-order valence-corrected chi connectivity index (χ3v) is 3.40. The Bertz CT molecular complexity index is 523. The maximum absolute atomic E-state index is 4.20. The molecule has 0 radical (unpaired) electrons. The van der Waals surface area contributed by atoms with Gasteiger partial charge in [-0.15, -0.1) is 0 Å². The van der Waals surface area contributed by atoms with Gasteiger partial charge in [-0.1, -0.05) is 25.1 Å². The average Bonchev–Trinajstić information content (AvgIpc) is 2.48. The Balaban J connectivity index is 2.21. The Morgan fingerprint density at radius 1 is 1.20 bits per heavy atom. The molecule has 1 N–H and O–H groups in total. The molecule has 0 aliphatic rings. The number of pyridine rings is 1. The summed E-state index contributed by atoms with van der Waals surface area (Å²) in [6.45, 7) is 3.10. The van der Waals surface area contributed by atoms with E-state index in [4.69, 9.17) is 0 Å². The zero-order valence-electron chi connectivity index (χ0n) is 12.5. The van der Waals surface area contributed by atoms with Crippen LogP contribution in [0.5, 0.6) is 0 Å². The van der Waals surface area contributed by atoms with Crippen molar-refractivity contribution < 1.29 is 0 Å². The van der Waals surface area contributed by atoms with Crippen molar-refractivity contribution in [1.29, 1.82) is 0 Å². The van der Waals surface area contributed by atoms with E-state index in [0.29, 0.717) is 6.04 Å². The van der Waals surface area contributed by atoms with Gasteiger partial charge in [0, 0.05) is 38.2 Å². The number of hydrogen-bond donors (Lipinski definition) is 1. The van der Waals surface area contributed by atoms with Crippen LogP contribution in [0.3, 0.4) is 0 Å². The molecule has 1 aromatic heterocycles. The van der Waals surface area contributed by atoms with E-state index in [9.17, 15) is 0 Å². The van der Waals surface area contributed by atoms with Gasteiger partial charge in [0.25, 0.3) is 0 Å². The number of anilines is 1. The Labute approximate surface area is 121 Å². The SMILES string of the molecule is CCNC(Cc1cccnc1)c1cccc(N(C)C)c1. The van der Waals surface area contributed by atoms with E-state index in [-0.39, 0.29) is 0 Å². The Morgan fingerprint density at radius 2 is 2.05 bits per heavy atom. The van der Waals surface area contributed by atoms with E-state index in [1.54, 1.807) is 0 Å². The third kappa shape index (κ3) is 3.81. The number of nitrogens with zero attached hydrogens (tertiary/aromatic N) is 2. The lowest BCUT2D eigenvalue weighted by atomic mass is 9.99. The highest BCUT2D eigenvalue weighted by molar-refractivity contribution is 5.48. The number of hydrogen-bond acceptors (Lipinski definition) is 3. The van der Waals surface area contributed by atoms with E-state index in [0.717, 1.165) is 13.0 Å². The fourth-order valence-corrected chi connectivity index (χ4v) is 2.33. The standard InChI is InChI=1S/C17H23N3/c1-4-19-17(11-14-7-6-10-18-13-14)15-8-5-9-16(12-15)20(2)3/h5-10,12-13,17,19H,4,11H2,1-3H3. The molecule has 0 saturated carbocycles. The molecule has 3 heteroatoms. The molecule has 0 aliphatic carbocycles. The van der Waals surface area contributed by atoms with Crippen LogP contribution in [0.25, 0.3) is 0 Å². The molecule has 1 atom stereocenters. The predicted molar refractivity (Wildman–Crippen MR) is 85.1 cm³/mol. The maximum Gasteiger partial charge on any atom is 0.0364 e. The third-order valence-electron chi connectivity index (χ3n) is 3.40. The molecule has 0 saturated heterocycles. The van der Waals surface area contributed by atoms with Gasteiger partial charge >= 0.3 is 0 Å². The first-order valence-corrected chi connectivity index (χ1v) is 7.10. The Kier molecular flexibility index (Phi) is 5.13. The van der Waals surface area contributed by atoms with Crippen LogP contribution in [0.4, 0.5) is 5.69 Å². The summed E-state index contributed by atoms with van der Waals surface area (Å²) < 4.78 is 0. The molecular weight excluding hydrogens is 246 g/mol. The fourth-order valence-electron chi connectivity index (χ4n) is 2.33. The Morgan fingerprint density at radius 3 is 2.70 bits per heavy atom. The second-order valence-corrected chi connectivity index (χ2v) is 5.17. The van der Waals surface area contributed by atoms with Crippen molar-refractivity contribution >= 4 is 5.69 Å². The van der Waals surface area contributed by atoms with E-state index in [1.807, 2.05) is 18.5 Å².